The summed E-state index contributed by atoms with van der Waals surface area (Å²) in [5.41, 5.74) is 3.13. The molecule has 1 saturated heterocycles. The number of hydrogen-bond donors (Lipinski definition) is 0. The SMILES string of the molecule is COc1ccc(C(C)N2CC(c3noc(-c4ccc(C)cc4)n3)CC2=O)cc1. The topological polar surface area (TPSA) is 68.5 Å². The molecule has 0 aliphatic carbocycles. The number of hydrogen-bond acceptors (Lipinski definition) is 5. The third kappa shape index (κ3) is 3.50. The molecule has 1 amide bonds. The summed E-state index contributed by atoms with van der Waals surface area (Å²) < 4.78 is 10.6. The first-order valence-electron chi connectivity index (χ1n) is 9.39. The van der Waals surface area contributed by atoms with Gasteiger partial charge in [0.05, 0.1) is 13.2 Å². The van der Waals surface area contributed by atoms with Gasteiger partial charge >= 0.3 is 0 Å². The molecule has 1 aliphatic heterocycles. The van der Waals surface area contributed by atoms with Crippen molar-refractivity contribution in [3.8, 4) is 17.2 Å². The predicted octanol–water partition coefficient (Wildman–Crippen LogP) is 4.13. The van der Waals surface area contributed by atoms with Gasteiger partial charge in [-0.3, -0.25) is 4.79 Å². The monoisotopic (exact) mass is 377 g/mol. The smallest absolute Gasteiger partial charge is 0.257 e. The Morgan fingerprint density at radius 1 is 1.14 bits per heavy atom. The highest BCUT2D eigenvalue weighted by molar-refractivity contribution is 5.80. The van der Waals surface area contributed by atoms with Gasteiger partial charge in [0.25, 0.3) is 5.89 Å². The van der Waals surface area contributed by atoms with Crippen LogP contribution in [0.3, 0.4) is 0 Å². The zero-order valence-corrected chi connectivity index (χ0v) is 16.3. The van der Waals surface area contributed by atoms with E-state index >= 15 is 0 Å². The molecule has 1 aromatic heterocycles. The second-order valence-electron chi connectivity index (χ2n) is 7.22. The molecular weight excluding hydrogens is 354 g/mol. The maximum Gasteiger partial charge on any atom is 0.257 e. The molecular formula is C22H23N3O3. The minimum absolute atomic E-state index is 0.0214. The molecule has 144 valence electrons. The first kappa shape index (κ1) is 18.2. The second-order valence-corrected chi connectivity index (χ2v) is 7.22. The average molecular weight is 377 g/mol. The lowest BCUT2D eigenvalue weighted by Crippen LogP contribution is -2.28. The van der Waals surface area contributed by atoms with Gasteiger partial charge in [-0.1, -0.05) is 35.0 Å². The first-order chi connectivity index (χ1) is 13.5. The fourth-order valence-electron chi connectivity index (χ4n) is 3.56. The van der Waals surface area contributed by atoms with Crippen LogP contribution in [0, 0.1) is 6.92 Å². The lowest BCUT2D eigenvalue weighted by atomic mass is 10.1. The zero-order valence-electron chi connectivity index (χ0n) is 16.3. The van der Waals surface area contributed by atoms with Gasteiger partial charge in [0, 0.05) is 24.4 Å². The van der Waals surface area contributed by atoms with E-state index < -0.39 is 0 Å². The van der Waals surface area contributed by atoms with E-state index in [1.165, 1.54) is 5.56 Å². The van der Waals surface area contributed by atoms with Crippen LogP contribution in [0.5, 0.6) is 5.75 Å². The Bertz CT molecular complexity index is 963. The Morgan fingerprint density at radius 3 is 2.54 bits per heavy atom. The number of aromatic nitrogens is 2. The van der Waals surface area contributed by atoms with Crippen LogP contribution in [-0.2, 0) is 4.79 Å². The Morgan fingerprint density at radius 2 is 1.86 bits per heavy atom. The molecule has 0 N–H and O–H groups in total. The maximum atomic E-state index is 12.6. The van der Waals surface area contributed by atoms with Gasteiger partial charge in [-0.05, 0) is 43.7 Å². The summed E-state index contributed by atoms with van der Waals surface area (Å²) >= 11 is 0. The predicted molar refractivity (Wildman–Crippen MR) is 105 cm³/mol. The number of methoxy groups -OCH3 is 1. The molecule has 0 spiro atoms. The Labute approximate surface area is 164 Å². The number of nitrogens with zero attached hydrogens (tertiary/aromatic N) is 3. The van der Waals surface area contributed by atoms with Crippen LogP contribution in [0.1, 0.15) is 42.3 Å². The molecule has 28 heavy (non-hydrogen) atoms. The van der Waals surface area contributed by atoms with E-state index in [1.54, 1.807) is 7.11 Å². The third-order valence-electron chi connectivity index (χ3n) is 5.33. The lowest BCUT2D eigenvalue weighted by molar-refractivity contribution is -0.129. The molecule has 6 nitrogen and oxygen atoms in total. The fraction of sp³-hybridized carbons (Fsp3) is 0.318. The largest absolute Gasteiger partial charge is 0.497 e. The van der Waals surface area contributed by atoms with E-state index in [-0.39, 0.29) is 17.9 Å². The lowest BCUT2D eigenvalue weighted by Gasteiger charge is -2.25. The van der Waals surface area contributed by atoms with E-state index in [4.69, 9.17) is 9.26 Å². The van der Waals surface area contributed by atoms with Crippen LogP contribution >= 0.6 is 0 Å². The average Bonchev–Trinajstić information content (AvgIpc) is 3.35. The molecule has 4 rings (SSSR count). The van der Waals surface area contributed by atoms with Crippen LogP contribution in [0.2, 0.25) is 0 Å². The van der Waals surface area contributed by atoms with Gasteiger partial charge in [0.15, 0.2) is 5.82 Å². The summed E-state index contributed by atoms with van der Waals surface area (Å²) in [7, 11) is 1.64. The molecule has 0 saturated carbocycles. The van der Waals surface area contributed by atoms with Crippen molar-refractivity contribution in [1.82, 2.24) is 15.0 Å². The van der Waals surface area contributed by atoms with Crippen LogP contribution in [-0.4, -0.2) is 34.6 Å². The standard InChI is InChI=1S/C22H23N3O3/c1-14-4-6-17(7-5-14)22-23-21(24-28-22)18-12-20(26)25(13-18)15(2)16-8-10-19(27-3)11-9-16/h4-11,15,18H,12-13H2,1-3H3. The molecule has 2 heterocycles. The van der Waals surface area contributed by atoms with Crippen molar-refractivity contribution < 1.29 is 14.1 Å². The second kappa shape index (κ2) is 7.46. The highest BCUT2D eigenvalue weighted by Gasteiger charge is 2.36. The van der Waals surface area contributed by atoms with Crippen LogP contribution in [0.15, 0.2) is 53.1 Å². The van der Waals surface area contributed by atoms with Crippen LogP contribution in [0.4, 0.5) is 0 Å². The molecule has 0 bridgehead atoms. The Balaban J connectivity index is 1.49. The molecule has 6 heteroatoms. The number of aryl methyl sites for hydroxylation is 1. The number of likely N-dealkylation sites (tertiary alicyclic amines) is 1. The van der Waals surface area contributed by atoms with Crippen molar-refractivity contribution in [2.24, 2.45) is 0 Å². The Hall–Kier alpha value is -3.15. The summed E-state index contributed by atoms with van der Waals surface area (Å²) in [4.78, 5) is 19.1. The number of rotatable bonds is 5. The summed E-state index contributed by atoms with van der Waals surface area (Å²) in [6.45, 7) is 4.65. The van der Waals surface area contributed by atoms with E-state index in [1.807, 2.05) is 67.3 Å². The molecule has 1 fully saturated rings. The number of amides is 1. The molecule has 2 aromatic carbocycles. The number of benzene rings is 2. The summed E-state index contributed by atoms with van der Waals surface area (Å²) in [5.74, 6) is 1.93. The summed E-state index contributed by atoms with van der Waals surface area (Å²) in [5, 5.41) is 4.14. The maximum absolute atomic E-state index is 12.6. The van der Waals surface area contributed by atoms with Crippen molar-refractivity contribution in [1.29, 1.82) is 0 Å². The molecule has 3 aromatic rings. The first-order valence-corrected chi connectivity index (χ1v) is 9.39. The highest BCUT2D eigenvalue weighted by atomic mass is 16.5. The van der Waals surface area contributed by atoms with E-state index in [0.29, 0.717) is 24.7 Å². The van der Waals surface area contributed by atoms with E-state index in [0.717, 1.165) is 16.9 Å². The Kier molecular flexibility index (Phi) is 4.86. The summed E-state index contributed by atoms with van der Waals surface area (Å²) in [6.07, 6.45) is 0.396. The summed E-state index contributed by atoms with van der Waals surface area (Å²) in [6, 6.07) is 15.7. The van der Waals surface area contributed by atoms with Gasteiger partial charge in [-0.2, -0.15) is 4.98 Å². The molecule has 1 aliphatic rings. The van der Waals surface area contributed by atoms with Crippen molar-refractivity contribution in [3.63, 3.8) is 0 Å². The molecule has 2 atom stereocenters. The fourth-order valence-corrected chi connectivity index (χ4v) is 3.56. The number of carbonyl (C=O) groups excluding carboxylic acids is 1. The molecule has 2 unspecified atom stereocenters. The number of carbonyl (C=O) groups is 1. The van der Waals surface area contributed by atoms with Crippen LogP contribution < -0.4 is 4.74 Å². The van der Waals surface area contributed by atoms with Crippen LogP contribution in [0.25, 0.3) is 11.5 Å². The molecule has 0 radical (unpaired) electrons. The minimum Gasteiger partial charge on any atom is -0.497 e. The number of ether oxygens (including phenoxy) is 1. The van der Waals surface area contributed by atoms with Gasteiger partial charge in [0.2, 0.25) is 5.91 Å². The zero-order chi connectivity index (χ0) is 19.7. The van der Waals surface area contributed by atoms with Gasteiger partial charge in [0.1, 0.15) is 5.75 Å². The minimum atomic E-state index is -0.0591. The van der Waals surface area contributed by atoms with Crippen molar-refractivity contribution in [3.05, 3.63) is 65.5 Å². The van der Waals surface area contributed by atoms with Gasteiger partial charge < -0.3 is 14.2 Å². The van der Waals surface area contributed by atoms with Gasteiger partial charge in [-0.25, -0.2) is 0 Å². The van der Waals surface area contributed by atoms with Crippen molar-refractivity contribution in [2.45, 2.75) is 32.2 Å². The van der Waals surface area contributed by atoms with E-state index in [9.17, 15) is 4.79 Å². The van der Waals surface area contributed by atoms with Crippen molar-refractivity contribution in [2.75, 3.05) is 13.7 Å². The van der Waals surface area contributed by atoms with Crippen molar-refractivity contribution >= 4 is 5.91 Å². The van der Waals surface area contributed by atoms with E-state index in [2.05, 4.69) is 10.1 Å². The third-order valence-corrected chi connectivity index (χ3v) is 5.33. The normalized spacial score (nSPS) is 17.8. The highest BCUT2D eigenvalue weighted by Crippen LogP contribution is 2.34. The quantitative estimate of drug-likeness (QED) is 0.669. The van der Waals surface area contributed by atoms with Gasteiger partial charge in [-0.15, -0.1) is 0 Å².